The van der Waals surface area contributed by atoms with E-state index in [1.807, 2.05) is 13.8 Å². The Bertz CT molecular complexity index is 516. The van der Waals surface area contributed by atoms with Crippen LogP contribution in [-0.2, 0) is 19.2 Å². The summed E-state index contributed by atoms with van der Waals surface area (Å²) in [5.41, 5.74) is 5.58. The second-order valence-electron chi connectivity index (χ2n) is 6.29. The molecule has 7 N–H and O–H groups in total. The van der Waals surface area contributed by atoms with Gasteiger partial charge in [0.2, 0.25) is 17.7 Å². The number of carboxylic acids is 1. The number of thiol groups is 1. The number of aliphatic hydroxyl groups is 1. The van der Waals surface area contributed by atoms with Gasteiger partial charge in [-0.3, -0.25) is 14.4 Å². The molecule has 0 spiro atoms. The van der Waals surface area contributed by atoms with Crippen LogP contribution in [0.3, 0.4) is 0 Å². The Morgan fingerprint density at radius 2 is 1.50 bits per heavy atom. The van der Waals surface area contributed by atoms with E-state index in [0.717, 1.165) is 0 Å². The van der Waals surface area contributed by atoms with Gasteiger partial charge in [-0.05, 0) is 19.3 Å². The smallest absolute Gasteiger partial charge is 0.328 e. The molecular weight excluding hydrogens is 364 g/mol. The van der Waals surface area contributed by atoms with Gasteiger partial charge in [0.25, 0.3) is 0 Å². The molecule has 0 aliphatic rings. The van der Waals surface area contributed by atoms with Crippen LogP contribution >= 0.6 is 12.6 Å². The average Bonchev–Trinajstić information content (AvgIpc) is 2.56. The molecule has 0 bridgehead atoms. The topological polar surface area (TPSA) is 171 Å². The molecule has 0 heterocycles. The number of rotatable bonds is 11. The van der Waals surface area contributed by atoms with Crippen LogP contribution in [0.15, 0.2) is 0 Å². The number of aliphatic hydroxyl groups excluding tert-OH is 1. The number of hydrogen-bond donors (Lipinski definition) is 7. The fraction of sp³-hybridized carbons (Fsp3) is 0.733. The van der Waals surface area contributed by atoms with E-state index >= 15 is 0 Å². The Morgan fingerprint density at radius 3 is 1.92 bits per heavy atom. The van der Waals surface area contributed by atoms with E-state index in [-0.39, 0.29) is 11.7 Å². The van der Waals surface area contributed by atoms with Crippen molar-refractivity contribution >= 4 is 36.3 Å². The standard InChI is InChI=1S/C15H28N4O6S/c1-7(2)4-10(18-13(22)9(16)6-26)14(23)17-8(3)12(21)19-11(5-20)15(24)25/h7-11,20,26H,4-6,16H2,1-3H3,(H,17,23)(H,18,22)(H,19,21)(H,24,25). The Morgan fingerprint density at radius 1 is 0.962 bits per heavy atom. The van der Waals surface area contributed by atoms with Crippen LogP contribution in [0.1, 0.15) is 27.2 Å². The largest absolute Gasteiger partial charge is 0.480 e. The van der Waals surface area contributed by atoms with Gasteiger partial charge in [-0.15, -0.1) is 0 Å². The second-order valence-corrected chi connectivity index (χ2v) is 6.66. The van der Waals surface area contributed by atoms with Crippen molar-refractivity contribution in [3.8, 4) is 0 Å². The normalized spacial score (nSPS) is 15.5. The third kappa shape index (κ3) is 8.50. The van der Waals surface area contributed by atoms with Gasteiger partial charge < -0.3 is 31.9 Å². The van der Waals surface area contributed by atoms with Crippen molar-refractivity contribution in [2.45, 2.75) is 51.4 Å². The number of carbonyl (C=O) groups is 4. The summed E-state index contributed by atoms with van der Waals surface area (Å²) in [7, 11) is 0. The SMILES string of the molecule is CC(C)CC(NC(=O)C(N)CS)C(=O)NC(C)C(=O)NC(CO)C(=O)O. The van der Waals surface area contributed by atoms with Gasteiger partial charge in [-0.1, -0.05) is 13.8 Å². The maximum Gasteiger partial charge on any atom is 0.328 e. The fourth-order valence-corrected chi connectivity index (χ4v) is 2.09. The zero-order valence-electron chi connectivity index (χ0n) is 15.1. The van der Waals surface area contributed by atoms with E-state index in [2.05, 4.69) is 28.6 Å². The first kappa shape index (κ1) is 24.1. The molecule has 0 aromatic heterocycles. The summed E-state index contributed by atoms with van der Waals surface area (Å²) in [4.78, 5) is 47.1. The lowest BCUT2D eigenvalue weighted by molar-refractivity contribution is -0.143. The molecule has 0 saturated heterocycles. The van der Waals surface area contributed by atoms with Gasteiger partial charge in [0, 0.05) is 5.75 Å². The minimum absolute atomic E-state index is 0.0770. The third-order valence-corrected chi connectivity index (χ3v) is 3.82. The van der Waals surface area contributed by atoms with E-state index in [1.165, 1.54) is 6.92 Å². The summed E-state index contributed by atoms with van der Waals surface area (Å²) in [6, 6.07) is -4.32. The molecule has 0 saturated carbocycles. The predicted molar refractivity (Wildman–Crippen MR) is 97.5 cm³/mol. The molecule has 3 amide bonds. The summed E-state index contributed by atoms with van der Waals surface area (Å²) in [5.74, 6) is -3.13. The minimum Gasteiger partial charge on any atom is -0.480 e. The Balaban J connectivity index is 4.92. The highest BCUT2D eigenvalue weighted by Gasteiger charge is 2.28. The minimum atomic E-state index is -1.47. The van der Waals surface area contributed by atoms with E-state index in [4.69, 9.17) is 15.9 Å². The summed E-state index contributed by atoms with van der Waals surface area (Å²) in [6.45, 7) is 4.30. The van der Waals surface area contributed by atoms with E-state index in [9.17, 15) is 19.2 Å². The highest BCUT2D eigenvalue weighted by Crippen LogP contribution is 2.06. The van der Waals surface area contributed by atoms with Crippen LogP contribution in [0.5, 0.6) is 0 Å². The molecule has 0 aliphatic heterocycles. The molecule has 4 atom stereocenters. The van der Waals surface area contributed by atoms with Gasteiger partial charge in [0.05, 0.1) is 12.6 Å². The van der Waals surface area contributed by atoms with Crippen LogP contribution in [0.4, 0.5) is 0 Å². The van der Waals surface area contributed by atoms with Crippen LogP contribution in [0.25, 0.3) is 0 Å². The Kier molecular flexibility index (Phi) is 10.9. The van der Waals surface area contributed by atoms with Crippen molar-refractivity contribution in [3.05, 3.63) is 0 Å². The van der Waals surface area contributed by atoms with Gasteiger partial charge >= 0.3 is 5.97 Å². The number of aliphatic carboxylic acids is 1. The van der Waals surface area contributed by atoms with Crippen LogP contribution in [0.2, 0.25) is 0 Å². The van der Waals surface area contributed by atoms with Gasteiger partial charge in [0.1, 0.15) is 18.1 Å². The molecule has 10 nitrogen and oxygen atoms in total. The summed E-state index contributed by atoms with van der Waals surface area (Å²) in [6.07, 6.45) is 0.319. The lowest BCUT2D eigenvalue weighted by atomic mass is 10.0. The maximum absolute atomic E-state index is 12.4. The van der Waals surface area contributed by atoms with Crippen molar-refractivity contribution in [2.24, 2.45) is 11.7 Å². The molecule has 0 radical (unpaired) electrons. The molecular formula is C15H28N4O6S. The molecule has 26 heavy (non-hydrogen) atoms. The van der Waals surface area contributed by atoms with E-state index < -0.39 is 54.5 Å². The molecule has 0 aliphatic carbocycles. The molecule has 0 fully saturated rings. The Hall–Kier alpha value is -1.85. The number of nitrogens with two attached hydrogens (primary N) is 1. The molecule has 150 valence electrons. The number of amides is 3. The number of hydrogen-bond acceptors (Lipinski definition) is 7. The lowest BCUT2D eigenvalue weighted by Crippen LogP contribution is -2.57. The van der Waals surface area contributed by atoms with E-state index in [1.54, 1.807) is 0 Å². The Labute approximate surface area is 157 Å². The van der Waals surface area contributed by atoms with Crippen LogP contribution < -0.4 is 21.7 Å². The molecule has 0 aromatic rings. The highest BCUT2D eigenvalue weighted by atomic mass is 32.1. The first-order valence-electron chi connectivity index (χ1n) is 8.14. The summed E-state index contributed by atoms with van der Waals surface area (Å²) in [5, 5.41) is 24.8. The van der Waals surface area contributed by atoms with Crippen molar-refractivity contribution < 1.29 is 29.4 Å². The molecule has 0 aromatic carbocycles. The molecule has 0 rings (SSSR count). The zero-order chi connectivity index (χ0) is 20.4. The van der Waals surface area contributed by atoms with Gasteiger partial charge in [0.15, 0.2) is 0 Å². The number of nitrogens with one attached hydrogen (secondary N) is 3. The lowest BCUT2D eigenvalue weighted by Gasteiger charge is -2.24. The van der Waals surface area contributed by atoms with Crippen molar-refractivity contribution in [1.29, 1.82) is 0 Å². The van der Waals surface area contributed by atoms with Gasteiger partial charge in [-0.25, -0.2) is 4.79 Å². The first-order valence-corrected chi connectivity index (χ1v) is 8.77. The van der Waals surface area contributed by atoms with Gasteiger partial charge in [-0.2, -0.15) is 12.6 Å². The van der Waals surface area contributed by atoms with E-state index in [0.29, 0.717) is 6.42 Å². The van der Waals surface area contributed by atoms with Crippen LogP contribution in [0, 0.1) is 5.92 Å². The fourth-order valence-electron chi connectivity index (χ4n) is 1.93. The zero-order valence-corrected chi connectivity index (χ0v) is 16.0. The number of carbonyl (C=O) groups excluding carboxylic acids is 3. The van der Waals surface area contributed by atoms with Crippen LogP contribution in [-0.4, -0.2) is 70.4 Å². The maximum atomic E-state index is 12.4. The monoisotopic (exact) mass is 392 g/mol. The average molecular weight is 392 g/mol. The predicted octanol–water partition coefficient (Wildman–Crippen LogP) is -2.16. The van der Waals surface area contributed by atoms with Crippen molar-refractivity contribution in [3.63, 3.8) is 0 Å². The molecule has 4 unspecified atom stereocenters. The van der Waals surface area contributed by atoms with Crippen molar-refractivity contribution in [2.75, 3.05) is 12.4 Å². The summed E-state index contributed by atoms with van der Waals surface area (Å²) < 4.78 is 0. The third-order valence-electron chi connectivity index (χ3n) is 3.42. The van der Waals surface area contributed by atoms with Crippen molar-refractivity contribution in [1.82, 2.24) is 16.0 Å². The number of carboxylic acid groups (broad SMARTS) is 1. The highest BCUT2D eigenvalue weighted by molar-refractivity contribution is 7.80. The summed E-state index contributed by atoms with van der Waals surface area (Å²) >= 11 is 3.93. The quantitative estimate of drug-likeness (QED) is 0.196. The second kappa shape index (κ2) is 11.7. The first-order chi connectivity index (χ1) is 12.0. The molecule has 11 heteroatoms.